The third-order valence-electron chi connectivity index (χ3n) is 2.06. The highest BCUT2D eigenvalue weighted by atomic mass is 35.5. The van der Waals surface area contributed by atoms with E-state index in [-0.39, 0.29) is 6.04 Å². The van der Waals surface area contributed by atoms with E-state index in [9.17, 15) is 0 Å². The van der Waals surface area contributed by atoms with Gasteiger partial charge in [-0.2, -0.15) is 0 Å². The normalized spacial score (nSPS) is 22.0. The van der Waals surface area contributed by atoms with Crippen molar-refractivity contribution in [3.05, 3.63) is 28.8 Å². The molecule has 1 nitrogen and oxygen atoms in total. The summed E-state index contributed by atoms with van der Waals surface area (Å²) in [5.74, 6) is 1.11. The first-order valence-electron chi connectivity index (χ1n) is 3.95. The molecule has 1 heterocycles. The van der Waals surface area contributed by atoms with E-state index < -0.39 is 0 Å². The van der Waals surface area contributed by atoms with Crippen LogP contribution in [0.5, 0.6) is 0 Å². The Bertz CT molecular complexity index is 301. The summed E-state index contributed by atoms with van der Waals surface area (Å²) in [6.45, 7) is 0. The summed E-state index contributed by atoms with van der Waals surface area (Å²) in [4.78, 5) is 1.25. The number of benzene rings is 1. The van der Waals surface area contributed by atoms with Crippen LogP contribution >= 0.6 is 23.4 Å². The van der Waals surface area contributed by atoms with Gasteiger partial charge in [0.15, 0.2) is 0 Å². The number of nitrogens with two attached hydrogens (primary N) is 1. The third kappa shape index (κ3) is 1.47. The van der Waals surface area contributed by atoms with E-state index in [1.807, 2.05) is 30.0 Å². The summed E-state index contributed by atoms with van der Waals surface area (Å²) in [6, 6.07) is 6.15. The lowest BCUT2D eigenvalue weighted by molar-refractivity contribution is 0.680. The van der Waals surface area contributed by atoms with Crippen LogP contribution in [0.2, 0.25) is 5.02 Å². The highest BCUT2D eigenvalue weighted by Gasteiger charge is 2.16. The predicted molar refractivity (Wildman–Crippen MR) is 53.7 cm³/mol. The van der Waals surface area contributed by atoms with Gasteiger partial charge in [0.25, 0.3) is 0 Å². The van der Waals surface area contributed by atoms with Crippen molar-refractivity contribution in [3.63, 3.8) is 0 Å². The Balaban J connectivity index is 2.46. The highest BCUT2D eigenvalue weighted by Crippen LogP contribution is 2.36. The van der Waals surface area contributed by atoms with Crippen LogP contribution < -0.4 is 5.73 Å². The number of thioether (sulfide) groups is 1. The summed E-state index contributed by atoms with van der Waals surface area (Å²) in [7, 11) is 0. The maximum atomic E-state index is 5.94. The fourth-order valence-corrected chi connectivity index (χ4v) is 2.82. The van der Waals surface area contributed by atoms with Gasteiger partial charge in [-0.3, -0.25) is 0 Å². The minimum atomic E-state index is 0.207. The zero-order valence-electron chi connectivity index (χ0n) is 6.59. The number of fused-ring (bicyclic) bond motifs is 1. The molecule has 1 aromatic carbocycles. The molecule has 1 atom stereocenters. The maximum Gasteiger partial charge on any atom is 0.0417 e. The van der Waals surface area contributed by atoms with Crippen molar-refractivity contribution in [2.45, 2.75) is 17.4 Å². The van der Waals surface area contributed by atoms with Gasteiger partial charge >= 0.3 is 0 Å². The summed E-state index contributed by atoms with van der Waals surface area (Å²) in [6.07, 6.45) is 1.07. The van der Waals surface area contributed by atoms with Gasteiger partial charge in [0.1, 0.15) is 0 Å². The van der Waals surface area contributed by atoms with Crippen LogP contribution in [0.3, 0.4) is 0 Å². The quantitative estimate of drug-likeness (QED) is 0.696. The molecule has 1 aromatic rings. The topological polar surface area (TPSA) is 26.0 Å². The molecule has 0 radical (unpaired) electrons. The maximum absolute atomic E-state index is 5.94. The second-order valence-electron chi connectivity index (χ2n) is 2.93. The Labute approximate surface area is 81.3 Å². The summed E-state index contributed by atoms with van der Waals surface area (Å²) in [5, 5.41) is 0.801. The van der Waals surface area contributed by atoms with E-state index in [4.69, 9.17) is 17.3 Å². The van der Waals surface area contributed by atoms with Gasteiger partial charge < -0.3 is 5.73 Å². The van der Waals surface area contributed by atoms with E-state index in [2.05, 4.69) is 0 Å². The van der Waals surface area contributed by atoms with Gasteiger partial charge in [0.2, 0.25) is 0 Å². The van der Waals surface area contributed by atoms with Gasteiger partial charge in [0, 0.05) is 16.0 Å². The average molecular weight is 200 g/mol. The molecule has 12 heavy (non-hydrogen) atoms. The second-order valence-corrected chi connectivity index (χ2v) is 4.50. The smallest absolute Gasteiger partial charge is 0.0417 e. The van der Waals surface area contributed by atoms with Gasteiger partial charge in [-0.25, -0.2) is 0 Å². The van der Waals surface area contributed by atoms with E-state index in [0.29, 0.717) is 0 Å². The lowest BCUT2D eigenvalue weighted by Crippen LogP contribution is -2.15. The van der Waals surface area contributed by atoms with Crippen molar-refractivity contribution >= 4 is 23.4 Å². The number of hydrogen-bond donors (Lipinski definition) is 1. The summed E-state index contributed by atoms with van der Waals surface area (Å²) < 4.78 is 0. The van der Waals surface area contributed by atoms with E-state index >= 15 is 0 Å². The molecule has 0 fully saturated rings. The van der Waals surface area contributed by atoms with Crippen molar-refractivity contribution in [3.8, 4) is 0 Å². The van der Waals surface area contributed by atoms with E-state index in [0.717, 1.165) is 17.2 Å². The monoisotopic (exact) mass is 199 g/mol. The molecular formula is C9H10ClNS. The molecule has 0 saturated heterocycles. The SMILES string of the molecule is NC1CCSc2cc(Cl)ccc21. The van der Waals surface area contributed by atoms with Crippen molar-refractivity contribution in [2.24, 2.45) is 5.73 Å². The molecule has 64 valence electrons. The zero-order chi connectivity index (χ0) is 8.55. The summed E-state index contributed by atoms with van der Waals surface area (Å²) >= 11 is 7.71. The van der Waals surface area contributed by atoms with Gasteiger partial charge in [-0.05, 0) is 29.9 Å². The largest absolute Gasteiger partial charge is 0.324 e. The minimum absolute atomic E-state index is 0.207. The fraction of sp³-hybridized carbons (Fsp3) is 0.333. The number of halogens is 1. The van der Waals surface area contributed by atoms with E-state index in [1.54, 1.807) is 0 Å². The first-order chi connectivity index (χ1) is 5.77. The molecule has 1 aliphatic heterocycles. The van der Waals surface area contributed by atoms with Gasteiger partial charge in [-0.15, -0.1) is 11.8 Å². The number of hydrogen-bond acceptors (Lipinski definition) is 2. The van der Waals surface area contributed by atoms with Crippen LogP contribution in [0.25, 0.3) is 0 Å². The third-order valence-corrected chi connectivity index (χ3v) is 3.40. The molecule has 2 rings (SSSR count). The first-order valence-corrected chi connectivity index (χ1v) is 5.31. The number of rotatable bonds is 0. The molecule has 1 unspecified atom stereocenters. The second kappa shape index (κ2) is 3.29. The van der Waals surface area contributed by atoms with Crippen molar-refractivity contribution in [2.75, 3.05) is 5.75 Å². The molecule has 0 amide bonds. The van der Waals surface area contributed by atoms with Crippen molar-refractivity contribution in [1.29, 1.82) is 0 Å². The molecule has 0 spiro atoms. The average Bonchev–Trinajstić information content (AvgIpc) is 2.04. The van der Waals surface area contributed by atoms with Crippen LogP contribution in [0.4, 0.5) is 0 Å². The summed E-state index contributed by atoms with van der Waals surface area (Å²) in [5.41, 5.74) is 7.19. The fourth-order valence-electron chi connectivity index (χ4n) is 1.39. The Hall–Kier alpha value is -0.180. The standard InChI is InChI=1S/C9H10ClNS/c10-6-1-2-7-8(11)3-4-12-9(7)5-6/h1-2,5,8H,3-4,11H2. The lowest BCUT2D eigenvalue weighted by Gasteiger charge is -2.21. The predicted octanol–water partition coefficient (Wildman–Crippen LogP) is 2.84. The molecule has 0 bridgehead atoms. The van der Waals surface area contributed by atoms with Crippen molar-refractivity contribution in [1.82, 2.24) is 0 Å². The Kier molecular flexibility index (Phi) is 2.31. The Morgan fingerprint density at radius 1 is 1.50 bits per heavy atom. The van der Waals surface area contributed by atoms with Crippen LogP contribution in [0, 0.1) is 0 Å². The molecule has 0 aromatic heterocycles. The van der Waals surface area contributed by atoms with Crippen LogP contribution in [0.15, 0.2) is 23.1 Å². The molecule has 0 aliphatic carbocycles. The zero-order valence-corrected chi connectivity index (χ0v) is 8.16. The van der Waals surface area contributed by atoms with E-state index in [1.165, 1.54) is 10.5 Å². The van der Waals surface area contributed by atoms with Gasteiger partial charge in [0.05, 0.1) is 0 Å². The molecule has 1 aliphatic rings. The van der Waals surface area contributed by atoms with Gasteiger partial charge in [-0.1, -0.05) is 17.7 Å². The van der Waals surface area contributed by atoms with Crippen LogP contribution in [-0.4, -0.2) is 5.75 Å². The van der Waals surface area contributed by atoms with Crippen LogP contribution in [0.1, 0.15) is 18.0 Å². The highest BCUT2D eigenvalue weighted by molar-refractivity contribution is 7.99. The Morgan fingerprint density at radius 3 is 3.17 bits per heavy atom. The minimum Gasteiger partial charge on any atom is -0.324 e. The molecule has 3 heteroatoms. The lowest BCUT2D eigenvalue weighted by atomic mass is 10.1. The van der Waals surface area contributed by atoms with Crippen molar-refractivity contribution < 1.29 is 0 Å². The molecule has 2 N–H and O–H groups in total. The first kappa shape index (κ1) is 8.42. The van der Waals surface area contributed by atoms with Crippen LogP contribution in [-0.2, 0) is 0 Å². The molecule has 0 saturated carbocycles. The molecular weight excluding hydrogens is 190 g/mol. The Morgan fingerprint density at radius 2 is 2.33 bits per heavy atom.